The molecule has 0 heterocycles. The molecule has 5 fully saturated rings. The number of aliphatic hydroxyl groups excluding tert-OH is 1. The molecule has 178 valence electrons. The summed E-state index contributed by atoms with van der Waals surface area (Å²) >= 11 is 0. The highest BCUT2D eigenvalue weighted by Crippen LogP contribution is 2.67. The summed E-state index contributed by atoms with van der Waals surface area (Å²) < 4.78 is 5.57. The molecule has 0 saturated heterocycles. The van der Waals surface area contributed by atoms with Crippen LogP contribution in [0.4, 0.5) is 0 Å². The lowest BCUT2D eigenvalue weighted by atomic mass is 9.44. The fourth-order valence-electron chi connectivity index (χ4n) is 10.1. The van der Waals surface area contributed by atoms with Crippen molar-refractivity contribution in [3.8, 4) is 0 Å². The van der Waals surface area contributed by atoms with Crippen molar-refractivity contribution in [3.05, 3.63) is 0 Å². The molecular weight excluding hydrogens is 380 g/mol. The van der Waals surface area contributed by atoms with Gasteiger partial charge in [0, 0.05) is 7.11 Å². The minimum atomic E-state index is -0.0103. The van der Waals surface area contributed by atoms with Gasteiger partial charge in [0.2, 0.25) is 0 Å². The van der Waals surface area contributed by atoms with E-state index in [1.807, 2.05) is 7.11 Å². The average Bonchev–Trinajstić information content (AvgIpc) is 3.11. The first-order valence-corrected chi connectivity index (χ1v) is 14.1. The summed E-state index contributed by atoms with van der Waals surface area (Å²) in [5, 5.41) is 10.3. The molecule has 8 unspecified atom stereocenters. The number of aliphatic hydroxyl groups is 1. The van der Waals surface area contributed by atoms with E-state index in [0.717, 1.165) is 48.3 Å². The monoisotopic (exact) mass is 430 g/mol. The smallest absolute Gasteiger partial charge is 0.0571 e. The molecular formula is C29H50O2. The van der Waals surface area contributed by atoms with Gasteiger partial charge < -0.3 is 9.84 Å². The number of ether oxygens (including phenoxy) is 1. The van der Waals surface area contributed by atoms with Gasteiger partial charge in [-0.2, -0.15) is 0 Å². The molecule has 5 rings (SSSR count). The zero-order chi connectivity index (χ0) is 21.6. The van der Waals surface area contributed by atoms with Gasteiger partial charge in [0.1, 0.15) is 0 Å². The predicted molar refractivity (Wildman–Crippen MR) is 128 cm³/mol. The Hall–Kier alpha value is -0.0800. The molecule has 31 heavy (non-hydrogen) atoms. The second kappa shape index (κ2) is 8.94. The van der Waals surface area contributed by atoms with Crippen LogP contribution in [0, 0.1) is 46.3 Å². The molecule has 0 aromatic rings. The van der Waals surface area contributed by atoms with Crippen LogP contribution in [-0.4, -0.2) is 24.4 Å². The SMILES string of the molecule is COC1CCC(CCCC2CCC3C4CCC5CC(O)CCC5(C)C4CCC23C)CC1. The van der Waals surface area contributed by atoms with Crippen molar-refractivity contribution in [2.75, 3.05) is 7.11 Å². The molecule has 0 radical (unpaired) electrons. The third-order valence-electron chi connectivity index (χ3n) is 12.1. The van der Waals surface area contributed by atoms with Crippen molar-refractivity contribution in [2.24, 2.45) is 46.3 Å². The van der Waals surface area contributed by atoms with E-state index in [1.54, 1.807) is 0 Å². The summed E-state index contributed by atoms with van der Waals surface area (Å²) in [7, 11) is 1.89. The Balaban J connectivity index is 1.18. The Kier molecular flexibility index (Phi) is 6.54. The third-order valence-corrected chi connectivity index (χ3v) is 12.1. The molecule has 2 heteroatoms. The maximum atomic E-state index is 10.3. The average molecular weight is 431 g/mol. The maximum Gasteiger partial charge on any atom is 0.0571 e. The standard InChI is InChI=1S/C29H50O2/c1-28-18-16-27-25(13-9-22-19-23(30)15-17-29(22,27)2)26(28)14-10-21(28)6-4-5-20-7-11-24(31-3)12-8-20/h20-27,30H,4-19H2,1-3H3. The van der Waals surface area contributed by atoms with Crippen LogP contribution in [0.2, 0.25) is 0 Å². The maximum absolute atomic E-state index is 10.3. The largest absolute Gasteiger partial charge is 0.393 e. The van der Waals surface area contributed by atoms with Gasteiger partial charge in [0.25, 0.3) is 0 Å². The predicted octanol–water partition coefficient (Wildman–Crippen LogP) is 7.38. The lowest BCUT2D eigenvalue weighted by Crippen LogP contribution is -2.53. The molecule has 2 nitrogen and oxygen atoms in total. The molecule has 0 bridgehead atoms. The summed E-state index contributed by atoms with van der Waals surface area (Å²) in [5.74, 6) is 5.71. The van der Waals surface area contributed by atoms with Gasteiger partial charge in [-0.15, -0.1) is 0 Å². The molecule has 5 aliphatic rings. The van der Waals surface area contributed by atoms with Crippen molar-refractivity contribution >= 4 is 0 Å². The Labute approximate surface area is 192 Å². The van der Waals surface area contributed by atoms with E-state index in [9.17, 15) is 5.11 Å². The molecule has 0 aliphatic heterocycles. The van der Waals surface area contributed by atoms with Crippen molar-refractivity contribution < 1.29 is 9.84 Å². The summed E-state index contributed by atoms with van der Waals surface area (Å²) in [6.07, 6.45) is 22.7. The highest BCUT2D eigenvalue weighted by Gasteiger charge is 2.59. The van der Waals surface area contributed by atoms with E-state index < -0.39 is 0 Å². The van der Waals surface area contributed by atoms with Crippen LogP contribution in [0.3, 0.4) is 0 Å². The van der Waals surface area contributed by atoms with E-state index >= 15 is 0 Å². The summed E-state index contributed by atoms with van der Waals surface area (Å²) in [4.78, 5) is 0. The summed E-state index contributed by atoms with van der Waals surface area (Å²) in [6.45, 7) is 5.35. The van der Waals surface area contributed by atoms with Crippen LogP contribution in [0.15, 0.2) is 0 Å². The van der Waals surface area contributed by atoms with E-state index in [2.05, 4.69) is 13.8 Å². The Bertz CT molecular complexity index is 610. The van der Waals surface area contributed by atoms with Gasteiger partial charge >= 0.3 is 0 Å². The normalized spacial score (nSPS) is 52.3. The first-order valence-electron chi connectivity index (χ1n) is 14.1. The number of hydrogen-bond acceptors (Lipinski definition) is 2. The van der Waals surface area contributed by atoms with Gasteiger partial charge in [0.15, 0.2) is 0 Å². The number of methoxy groups -OCH3 is 1. The molecule has 5 saturated carbocycles. The van der Waals surface area contributed by atoms with Gasteiger partial charge in [0.05, 0.1) is 12.2 Å². The van der Waals surface area contributed by atoms with Crippen molar-refractivity contribution in [1.82, 2.24) is 0 Å². The van der Waals surface area contributed by atoms with Crippen LogP contribution in [0.25, 0.3) is 0 Å². The Morgan fingerprint density at radius 2 is 1.52 bits per heavy atom. The van der Waals surface area contributed by atoms with E-state index in [4.69, 9.17) is 4.74 Å². The zero-order valence-electron chi connectivity index (χ0n) is 20.8. The minimum absolute atomic E-state index is 0.0103. The summed E-state index contributed by atoms with van der Waals surface area (Å²) in [5.41, 5.74) is 1.16. The number of fused-ring (bicyclic) bond motifs is 5. The molecule has 5 aliphatic carbocycles. The topological polar surface area (TPSA) is 29.5 Å². The molecule has 0 amide bonds. The number of hydrogen-bond donors (Lipinski definition) is 1. The minimum Gasteiger partial charge on any atom is -0.393 e. The van der Waals surface area contributed by atoms with Gasteiger partial charge in [-0.1, -0.05) is 26.7 Å². The van der Waals surface area contributed by atoms with Crippen LogP contribution >= 0.6 is 0 Å². The Morgan fingerprint density at radius 1 is 0.774 bits per heavy atom. The van der Waals surface area contributed by atoms with Crippen LogP contribution in [-0.2, 0) is 4.74 Å². The zero-order valence-corrected chi connectivity index (χ0v) is 20.8. The Morgan fingerprint density at radius 3 is 2.29 bits per heavy atom. The van der Waals surface area contributed by atoms with Gasteiger partial charge in [-0.3, -0.25) is 0 Å². The van der Waals surface area contributed by atoms with Gasteiger partial charge in [-0.05, 0) is 136 Å². The fraction of sp³-hybridized carbons (Fsp3) is 1.00. The molecule has 0 spiro atoms. The van der Waals surface area contributed by atoms with Crippen LogP contribution < -0.4 is 0 Å². The highest BCUT2D eigenvalue weighted by atomic mass is 16.5. The lowest BCUT2D eigenvalue weighted by molar-refractivity contribution is -0.127. The van der Waals surface area contributed by atoms with Crippen molar-refractivity contribution in [1.29, 1.82) is 0 Å². The lowest BCUT2D eigenvalue weighted by Gasteiger charge is -2.61. The highest BCUT2D eigenvalue weighted by molar-refractivity contribution is 5.09. The molecule has 8 atom stereocenters. The fourth-order valence-corrected chi connectivity index (χ4v) is 10.1. The van der Waals surface area contributed by atoms with Crippen molar-refractivity contribution in [3.63, 3.8) is 0 Å². The first-order chi connectivity index (χ1) is 14.9. The van der Waals surface area contributed by atoms with E-state index in [1.165, 1.54) is 89.9 Å². The molecule has 0 aromatic heterocycles. The first kappa shape index (κ1) is 22.7. The van der Waals surface area contributed by atoms with Crippen LogP contribution in [0.5, 0.6) is 0 Å². The quantitative estimate of drug-likeness (QED) is 0.493. The van der Waals surface area contributed by atoms with E-state index in [-0.39, 0.29) is 6.10 Å². The molecule has 0 aromatic carbocycles. The summed E-state index contributed by atoms with van der Waals surface area (Å²) in [6, 6.07) is 0. The second-order valence-electron chi connectivity index (χ2n) is 13.2. The van der Waals surface area contributed by atoms with Crippen molar-refractivity contribution in [2.45, 2.75) is 129 Å². The second-order valence-corrected chi connectivity index (χ2v) is 13.2. The van der Waals surface area contributed by atoms with Gasteiger partial charge in [-0.25, -0.2) is 0 Å². The number of rotatable bonds is 5. The molecule has 1 N–H and O–H groups in total. The van der Waals surface area contributed by atoms with Crippen LogP contribution in [0.1, 0.15) is 117 Å². The third kappa shape index (κ3) is 4.05. The van der Waals surface area contributed by atoms with E-state index in [0.29, 0.717) is 16.9 Å².